The van der Waals surface area contributed by atoms with Crippen LogP contribution in [0.25, 0.3) is 0 Å². The lowest BCUT2D eigenvalue weighted by Gasteiger charge is -2.58. The van der Waals surface area contributed by atoms with E-state index in [0.717, 1.165) is 80.0 Å². The van der Waals surface area contributed by atoms with E-state index < -0.39 is 6.29 Å². The molecule has 3 saturated carbocycles. The number of unbranched alkanes of at least 4 members (excludes halogenated alkanes) is 17. The Morgan fingerprint density at radius 2 is 1.25 bits per heavy atom. The number of ether oxygens (including phenoxy) is 3. The van der Waals surface area contributed by atoms with Crippen LogP contribution in [-0.4, -0.2) is 25.0 Å². The molecule has 0 heterocycles. The molecule has 4 aliphatic carbocycles. The SMILES string of the molecule is CC(C)CCC[C@@H](C)[C@H]1CCC2C3CC=C4C[C@@H](OC(C)OC(=O)CCCCCCCCCCCCCCCCCCCCOc5c(I)cc(I)cc5I)CC[C@]4(C)C3CC[C@@]21C. The average molecular weight is 1210 g/mol. The zero-order chi connectivity index (χ0) is 45.2. The molecule has 9 atom stereocenters. The Hall–Kier alpha value is 0.380. The van der Waals surface area contributed by atoms with E-state index >= 15 is 0 Å². The molecular weight excluding hydrogens is 1120 g/mol. The molecule has 0 bridgehead atoms. The number of fused-ring (bicyclic) bond motifs is 5. The van der Waals surface area contributed by atoms with Gasteiger partial charge in [-0.1, -0.05) is 168 Å². The first kappa shape index (κ1) is 54.3. The number of benzene rings is 1. The molecule has 0 amide bonds. The fourth-order valence-electron chi connectivity index (χ4n) is 13.4. The second kappa shape index (κ2) is 28.1. The standard InChI is InChI=1S/C56H91I3O4/c1-41(2)26-25-27-42(3)48-31-32-49-47-30-29-44-38-46(33-35-55(44,5)50(47)34-36-56(48,49)6)62-43(4)63-53(60)28-23-21-19-17-15-13-11-9-7-8-10-12-14-16-18-20-22-24-37-61-54-51(58)39-45(57)40-52(54)59/h29,39-43,46-50H,7-28,30-38H2,1-6H3/t42-,43?,46+,47?,48-,49?,50?,55+,56-/m1/s1. The van der Waals surface area contributed by atoms with Crippen molar-refractivity contribution < 1.29 is 19.0 Å². The first-order valence-electron chi connectivity index (χ1n) is 26.6. The van der Waals surface area contributed by atoms with Gasteiger partial charge in [0.25, 0.3) is 0 Å². The third-order valence-electron chi connectivity index (χ3n) is 16.9. The summed E-state index contributed by atoms with van der Waals surface area (Å²) in [6.45, 7) is 15.4. The summed E-state index contributed by atoms with van der Waals surface area (Å²) in [6, 6.07) is 4.38. The van der Waals surface area contributed by atoms with E-state index in [1.54, 1.807) is 5.57 Å². The molecular formula is C56H91I3O4. The zero-order valence-electron chi connectivity index (χ0n) is 41.0. The highest BCUT2D eigenvalue weighted by Gasteiger charge is 2.59. The van der Waals surface area contributed by atoms with Crippen LogP contribution in [-0.2, 0) is 14.3 Å². The van der Waals surface area contributed by atoms with Crippen LogP contribution in [0.3, 0.4) is 0 Å². The second-order valence-corrected chi connectivity index (χ2v) is 25.6. The van der Waals surface area contributed by atoms with Gasteiger partial charge in [-0.2, -0.15) is 0 Å². The van der Waals surface area contributed by atoms with E-state index in [4.69, 9.17) is 14.2 Å². The minimum atomic E-state index is -0.456. The van der Waals surface area contributed by atoms with Gasteiger partial charge in [-0.05, 0) is 197 Å². The first-order chi connectivity index (χ1) is 30.3. The molecule has 4 unspecified atom stereocenters. The van der Waals surface area contributed by atoms with Crippen molar-refractivity contribution in [1.82, 2.24) is 0 Å². The monoisotopic (exact) mass is 1210 g/mol. The van der Waals surface area contributed by atoms with Gasteiger partial charge in [-0.25, -0.2) is 0 Å². The maximum absolute atomic E-state index is 12.7. The van der Waals surface area contributed by atoms with Gasteiger partial charge in [-0.15, -0.1) is 0 Å². The van der Waals surface area contributed by atoms with Crippen molar-refractivity contribution in [1.29, 1.82) is 0 Å². The molecule has 0 aliphatic heterocycles. The summed E-state index contributed by atoms with van der Waals surface area (Å²) in [4.78, 5) is 12.7. The van der Waals surface area contributed by atoms with Gasteiger partial charge in [-0.3, -0.25) is 4.79 Å². The van der Waals surface area contributed by atoms with Crippen molar-refractivity contribution in [2.24, 2.45) is 46.3 Å². The zero-order valence-corrected chi connectivity index (χ0v) is 47.5. The van der Waals surface area contributed by atoms with E-state index in [0.29, 0.717) is 17.3 Å². The van der Waals surface area contributed by atoms with Crippen molar-refractivity contribution in [3.05, 3.63) is 34.5 Å². The molecule has 4 aliphatic rings. The molecule has 63 heavy (non-hydrogen) atoms. The lowest BCUT2D eigenvalue weighted by Crippen LogP contribution is -2.51. The molecule has 0 saturated heterocycles. The van der Waals surface area contributed by atoms with Crippen LogP contribution >= 0.6 is 67.8 Å². The third kappa shape index (κ3) is 16.8. The van der Waals surface area contributed by atoms with Gasteiger partial charge in [0.2, 0.25) is 0 Å². The molecule has 5 rings (SSSR count). The molecule has 1 aromatic rings. The van der Waals surface area contributed by atoms with E-state index in [2.05, 4.69) is 121 Å². The number of carbonyl (C=O) groups excluding carboxylic acids is 1. The van der Waals surface area contributed by atoms with Crippen LogP contribution < -0.4 is 4.74 Å². The van der Waals surface area contributed by atoms with Gasteiger partial charge in [0.15, 0.2) is 6.29 Å². The topological polar surface area (TPSA) is 44.8 Å². The maximum atomic E-state index is 12.7. The fraction of sp³-hybridized carbons (Fsp3) is 0.839. The van der Waals surface area contributed by atoms with Gasteiger partial charge < -0.3 is 14.2 Å². The lowest BCUT2D eigenvalue weighted by molar-refractivity contribution is -0.188. The maximum Gasteiger partial charge on any atom is 0.308 e. The fourth-order valence-corrected chi connectivity index (χ4v) is 17.2. The van der Waals surface area contributed by atoms with E-state index in [-0.39, 0.29) is 12.1 Å². The van der Waals surface area contributed by atoms with E-state index in [1.165, 1.54) is 165 Å². The smallest absolute Gasteiger partial charge is 0.308 e. The quantitative estimate of drug-likeness (QED) is 0.0253. The first-order valence-corrected chi connectivity index (χ1v) is 29.9. The van der Waals surface area contributed by atoms with Crippen LogP contribution in [0.15, 0.2) is 23.8 Å². The molecule has 1 aromatic carbocycles. The van der Waals surface area contributed by atoms with Crippen molar-refractivity contribution in [2.75, 3.05) is 6.61 Å². The minimum Gasteiger partial charge on any atom is -0.491 e. The molecule has 4 nitrogen and oxygen atoms in total. The van der Waals surface area contributed by atoms with Crippen molar-refractivity contribution in [2.45, 2.75) is 247 Å². The number of esters is 1. The summed E-state index contributed by atoms with van der Waals surface area (Å²) in [5.74, 6) is 6.18. The van der Waals surface area contributed by atoms with Crippen molar-refractivity contribution in [3.63, 3.8) is 0 Å². The Balaban J connectivity index is 0.817. The largest absolute Gasteiger partial charge is 0.491 e. The average Bonchev–Trinajstić information content (AvgIpc) is 3.59. The summed E-state index contributed by atoms with van der Waals surface area (Å²) in [5, 5.41) is 0. The lowest BCUT2D eigenvalue weighted by atomic mass is 9.47. The highest BCUT2D eigenvalue weighted by Crippen LogP contribution is 2.67. The molecule has 0 spiro atoms. The number of hydrogen-bond acceptors (Lipinski definition) is 4. The van der Waals surface area contributed by atoms with Crippen LogP contribution in [0.2, 0.25) is 0 Å². The summed E-state index contributed by atoms with van der Waals surface area (Å²) in [7, 11) is 0. The van der Waals surface area contributed by atoms with Gasteiger partial charge >= 0.3 is 5.97 Å². The number of hydrogen-bond donors (Lipinski definition) is 0. The Labute approximate surface area is 428 Å². The number of halogens is 3. The van der Waals surface area contributed by atoms with E-state index in [1.807, 2.05) is 6.92 Å². The summed E-state index contributed by atoms with van der Waals surface area (Å²) < 4.78 is 22.0. The van der Waals surface area contributed by atoms with Gasteiger partial charge in [0.1, 0.15) is 5.75 Å². The molecule has 360 valence electrons. The summed E-state index contributed by atoms with van der Waals surface area (Å²) in [5.41, 5.74) is 2.52. The molecule has 7 heteroatoms. The summed E-state index contributed by atoms with van der Waals surface area (Å²) in [6.07, 6.45) is 41.1. The van der Waals surface area contributed by atoms with E-state index in [9.17, 15) is 4.79 Å². The molecule has 0 N–H and O–H groups in total. The minimum absolute atomic E-state index is 0.0857. The molecule has 0 radical (unpaired) electrons. The predicted molar refractivity (Wildman–Crippen MR) is 291 cm³/mol. The van der Waals surface area contributed by atoms with Crippen molar-refractivity contribution in [3.8, 4) is 5.75 Å². The number of rotatable bonds is 30. The van der Waals surface area contributed by atoms with Crippen LogP contribution in [0.5, 0.6) is 5.75 Å². The Kier molecular flexibility index (Phi) is 24.3. The van der Waals surface area contributed by atoms with Gasteiger partial charge in [0.05, 0.1) is 19.9 Å². The summed E-state index contributed by atoms with van der Waals surface area (Å²) >= 11 is 7.15. The molecule has 3 fully saturated rings. The van der Waals surface area contributed by atoms with Crippen LogP contribution in [0.4, 0.5) is 0 Å². The second-order valence-electron chi connectivity index (χ2n) is 22.0. The highest BCUT2D eigenvalue weighted by molar-refractivity contribution is 14.1. The van der Waals surface area contributed by atoms with Crippen LogP contribution in [0, 0.1) is 57.0 Å². The van der Waals surface area contributed by atoms with Crippen molar-refractivity contribution >= 4 is 73.7 Å². The van der Waals surface area contributed by atoms with Gasteiger partial charge in [0, 0.05) is 9.99 Å². The van der Waals surface area contributed by atoms with Crippen LogP contribution in [0.1, 0.15) is 234 Å². The third-order valence-corrected chi connectivity index (χ3v) is 19.2. The highest BCUT2D eigenvalue weighted by atomic mass is 127. The Bertz CT molecular complexity index is 1500. The molecule has 0 aromatic heterocycles. The number of carbonyl (C=O) groups is 1. The Morgan fingerprint density at radius 3 is 1.84 bits per heavy atom. The predicted octanol–water partition coefficient (Wildman–Crippen LogP) is 18.6. The Morgan fingerprint density at radius 1 is 0.683 bits per heavy atom. The number of allylic oxidation sites excluding steroid dienone is 1. The normalized spacial score (nSPS) is 27.7.